The zero-order chi connectivity index (χ0) is 28.5. The molecule has 4 rings (SSSR count). The Morgan fingerprint density at radius 3 is 1.93 bits per heavy atom. The van der Waals surface area contributed by atoms with Gasteiger partial charge in [0.1, 0.15) is 12.4 Å². The number of anilines is 1. The highest BCUT2D eigenvalue weighted by molar-refractivity contribution is 5.83. The Labute approximate surface area is 231 Å². The topological polar surface area (TPSA) is 154 Å². The Hall–Kier alpha value is -5.13. The molecule has 0 aliphatic heterocycles. The lowest BCUT2D eigenvalue weighted by atomic mass is 10.0. The second-order valence-electron chi connectivity index (χ2n) is 8.82. The first-order valence-corrected chi connectivity index (χ1v) is 12.6. The number of alkyl carbamates (subject to hydrolysis) is 1. The summed E-state index contributed by atoms with van der Waals surface area (Å²) in [6.07, 6.45) is 2.92. The Balaban J connectivity index is 1.39. The Kier molecular flexibility index (Phi) is 9.13. The molecular weight excluding hydrogens is 514 g/mol. The maximum atomic E-state index is 12.5. The fourth-order valence-corrected chi connectivity index (χ4v) is 4.03. The van der Waals surface area contributed by atoms with Gasteiger partial charge in [-0.1, -0.05) is 55.5 Å². The molecule has 0 aliphatic carbocycles. The van der Waals surface area contributed by atoms with Gasteiger partial charge in [-0.3, -0.25) is 10.1 Å². The standard InChI is InChI=1S/C28H31N7O5/c1-4-13-35(25(36)16-31-27(37)39-2)17-24-29-14-22(32-24)20-9-5-18(6-10-20)19-7-11-21(12-8-19)23-15-30-26(33-23)34-28(38)40-3/h5-12,14-15H,4,13,16-17H2,1-3H3,(H,29,32)(H,31,37)(H2,30,33,34,38). The van der Waals surface area contributed by atoms with Crippen LogP contribution < -0.4 is 10.6 Å². The van der Waals surface area contributed by atoms with Gasteiger partial charge >= 0.3 is 12.2 Å². The molecule has 0 radical (unpaired) electrons. The molecule has 2 aromatic heterocycles. The van der Waals surface area contributed by atoms with Crippen LogP contribution in [0.25, 0.3) is 33.6 Å². The summed E-state index contributed by atoms with van der Waals surface area (Å²) in [6.45, 7) is 2.68. The monoisotopic (exact) mass is 545 g/mol. The smallest absolute Gasteiger partial charge is 0.413 e. The van der Waals surface area contributed by atoms with Crippen LogP contribution in [0, 0.1) is 0 Å². The van der Waals surface area contributed by atoms with Crippen LogP contribution in [0.15, 0.2) is 60.9 Å². The zero-order valence-electron chi connectivity index (χ0n) is 22.5. The lowest BCUT2D eigenvalue weighted by Crippen LogP contribution is -2.40. The molecule has 12 heteroatoms. The summed E-state index contributed by atoms with van der Waals surface area (Å²) in [6, 6.07) is 16.1. The van der Waals surface area contributed by atoms with Gasteiger partial charge in [-0.2, -0.15) is 0 Å². The van der Waals surface area contributed by atoms with Gasteiger partial charge in [0.25, 0.3) is 0 Å². The number of aromatic amines is 2. The van der Waals surface area contributed by atoms with E-state index < -0.39 is 12.2 Å². The number of aromatic nitrogens is 4. The van der Waals surface area contributed by atoms with Gasteiger partial charge in [-0.05, 0) is 28.7 Å². The molecule has 0 atom stereocenters. The Morgan fingerprint density at radius 1 is 0.800 bits per heavy atom. The summed E-state index contributed by atoms with van der Waals surface area (Å²) in [5, 5.41) is 4.92. The SMILES string of the molecule is CCCN(Cc1ncc(-c2ccc(-c3ccc(-c4cnc(NC(=O)OC)[nH]4)cc3)cc2)[nH]1)C(=O)CNC(=O)OC. The quantitative estimate of drug-likeness (QED) is 0.230. The first-order chi connectivity index (χ1) is 19.4. The average molecular weight is 546 g/mol. The zero-order valence-corrected chi connectivity index (χ0v) is 22.5. The lowest BCUT2D eigenvalue weighted by molar-refractivity contribution is -0.130. The van der Waals surface area contributed by atoms with Gasteiger partial charge in [-0.15, -0.1) is 0 Å². The highest BCUT2D eigenvalue weighted by atomic mass is 16.5. The molecule has 0 aliphatic rings. The molecule has 2 heterocycles. The number of amides is 3. The Bertz CT molecular complexity index is 1440. The van der Waals surface area contributed by atoms with Crippen molar-refractivity contribution in [2.45, 2.75) is 19.9 Å². The van der Waals surface area contributed by atoms with E-state index >= 15 is 0 Å². The molecule has 0 unspecified atom stereocenters. The number of hydrogen-bond acceptors (Lipinski definition) is 7. The molecule has 208 valence electrons. The minimum atomic E-state index is -0.647. The van der Waals surface area contributed by atoms with Crippen molar-refractivity contribution in [3.05, 3.63) is 66.7 Å². The number of nitrogens with one attached hydrogen (secondary N) is 4. The number of nitrogens with zero attached hydrogens (tertiary/aromatic N) is 3. The van der Waals surface area contributed by atoms with E-state index in [9.17, 15) is 14.4 Å². The minimum Gasteiger partial charge on any atom is -0.453 e. The van der Waals surface area contributed by atoms with Gasteiger partial charge in [0, 0.05) is 6.54 Å². The number of carbonyl (C=O) groups is 3. The largest absolute Gasteiger partial charge is 0.453 e. The van der Waals surface area contributed by atoms with E-state index in [-0.39, 0.29) is 12.5 Å². The van der Waals surface area contributed by atoms with Crippen LogP contribution in [0.4, 0.5) is 15.5 Å². The average Bonchev–Trinajstić information content (AvgIpc) is 3.65. The molecule has 4 aromatic rings. The van der Waals surface area contributed by atoms with E-state index in [1.54, 1.807) is 17.3 Å². The van der Waals surface area contributed by atoms with Crippen LogP contribution in [-0.4, -0.2) is 70.2 Å². The number of benzene rings is 2. The minimum absolute atomic E-state index is 0.141. The van der Waals surface area contributed by atoms with Crippen molar-refractivity contribution in [1.29, 1.82) is 0 Å². The fraction of sp³-hybridized carbons (Fsp3) is 0.250. The van der Waals surface area contributed by atoms with Crippen LogP contribution in [0.1, 0.15) is 19.2 Å². The van der Waals surface area contributed by atoms with Crippen molar-refractivity contribution in [2.24, 2.45) is 0 Å². The number of methoxy groups -OCH3 is 2. The first-order valence-electron chi connectivity index (χ1n) is 12.6. The van der Waals surface area contributed by atoms with Gasteiger partial charge in [0.15, 0.2) is 0 Å². The molecule has 12 nitrogen and oxygen atoms in total. The van der Waals surface area contributed by atoms with Crippen LogP contribution in [0.2, 0.25) is 0 Å². The molecule has 3 amide bonds. The molecular formula is C28H31N7O5. The Morgan fingerprint density at radius 2 is 1.35 bits per heavy atom. The lowest BCUT2D eigenvalue weighted by Gasteiger charge is -2.21. The van der Waals surface area contributed by atoms with Crippen LogP contribution >= 0.6 is 0 Å². The maximum Gasteiger partial charge on any atom is 0.413 e. The van der Waals surface area contributed by atoms with E-state index in [4.69, 9.17) is 0 Å². The highest BCUT2D eigenvalue weighted by Crippen LogP contribution is 2.27. The second kappa shape index (κ2) is 13.1. The highest BCUT2D eigenvalue weighted by Gasteiger charge is 2.16. The number of H-pyrrole nitrogens is 2. The predicted octanol–water partition coefficient (Wildman–Crippen LogP) is 4.41. The third-order valence-electron chi connectivity index (χ3n) is 6.09. The normalized spacial score (nSPS) is 10.6. The molecule has 0 fully saturated rings. The summed E-state index contributed by atoms with van der Waals surface area (Å²) >= 11 is 0. The van der Waals surface area contributed by atoms with Crippen molar-refractivity contribution < 1.29 is 23.9 Å². The number of imidazole rings is 2. The maximum absolute atomic E-state index is 12.5. The molecule has 40 heavy (non-hydrogen) atoms. The molecule has 0 bridgehead atoms. The van der Waals surface area contributed by atoms with Crippen molar-refractivity contribution in [3.63, 3.8) is 0 Å². The molecule has 0 saturated heterocycles. The predicted molar refractivity (Wildman–Crippen MR) is 149 cm³/mol. The van der Waals surface area contributed by atoms with E-state index in [2.05, 4.69) is 40.0 Å². The van der Waals surface area contributed by atoms with E-state index in [1.807, 2.05) is 55.5 Å². The van der Waals surface area contributed by atoms with E-state index in [0.29, 0.717) is 24.9 Å². The van der Waals surface area contributed by atoms with Crippen molar-refractivity contribution in [2.75, 3.05) is 32.6 Å². The fourth-order valence-electron chi connectivity index (χ4n) is 4.03. The summed E-state index contributed by atoms with van der Waals surface area (Å²) in [7, 11) is 2.54. The molecule has 0 spiro atoms. The second-order valence-corrected chi connectivity index (χ2v) is 8.82. The van der Waals surface area contributed by atoms with Crippen molar-refractivity contribution in [3.8, 4) is 33.6 Å². The van der Waals surface area contributed by atoms with Crippen LogP contribution in [-0.2, 0) is 20.8 Å². The number of rotatable bonds is 10. The van der Waals surface area contributed by atoms with E-state index in [0.717, 1.165) is 40.1 Å². The first kappa shape index (κ1) is 27.9. The van der Waals surface area contributed by atoms with Crippen LogP contribution in [0.3, 0.4) is 0 Å². The van der Waals surface area contributed by atoms with E-state index in [1.165, 1.54) is 14.2 Å². The van der Waals surface area contributed by atoms with Gasteiger partial charge in [0.05, 0.1) is 44.5 Å². The number of carbonyl (C=O) groups excluding carboxylic acids is 3. The number of hydrogen-bond donors (Lipinski definition) is 4. The van der Waals surface area contributed by atoms with Gasteiger partial charge in [0.2, 0.25) is 11.9 Å². The molecule has 4 N–H and O–H groups in total. The third kappa shape index (κ3) is 7.04. The van der Waals surface area contributed by atoms with Crippen LogP contribution in [0.5, 0.6) is 0 Å². The molecule has 2 aromatic carbocycles. The van der Waals surface area contributed by atoms with Crippen molar-refractivity contribution in [1.82, 2.24) is 30.2 Å². The van der Waals surface area contributed by atoms with Gasteiger partial charge in [-0.25, -0.2) is 19.6 Å². The summed E-state index contributed by atoms with van der Waals surface area (Å²) in [4.78, 5) is 51.8. The molecule has 0 saturated carbocycles. The number of ether oxygens (including phenoxy) is 2. The van der Waals surface area contributed by atoms with Crippen molar-refractivity contribution >= 4 is 24.0 Å². The van der Waals surface area contributed by atoms with Gasteiger partial charge < -0.3 is 29.7 Å². The summed E-state index contributed by atoms with van der Waals surface area (Å²) in [5.41, 5.74) is 5.58. The third-order valence-corrected chi connectivity index (χ3v) is 6.09. The summed E-state index contributed by atoms with van der Waals surface area (Å²) in [5.74, 6) is 0.744. The summed E-state index contributed by atoms with van der Waals surface area (Å²) < 4.78 is 9.11.